The summed E-state index contributed by atoms with van der Waals surface area (Å²) in [7, 11) is 6.26. The highest BCUT2D eigenvalue weighted by atomic mass is 16.2. The van der Waals surface area contributed by atoms with E-state index in [4.69, 9.17) is 0 Å². The van der Waals surface area contributed by atoms with Gasteiger partial charge in [-0.3, -0.25) is 14.3 Å². The van der Waals surface area contributed by atoms with Crippen molar-refractivity contribution in [2.75, 3.05) is 32.1 Å². The largest absolute Gasteiger partial charge is 0.369 e. The number of anilines is 1. The first-order chi connectivity index (χ1) is 18.5. The van der Waals surface area contributed by atoms with Crippen molar-refractivity contribution in [3.63, 3.8) is 0 Å². The van der Waals surface area contributed by atoms with Crippen LogP contribution in [0.3, 0.4) is 0 Å². The molecule has 1 aliphatic carbocycles. The van der Waals surface area contributed by atoms with Crippen LogP contribution in [0.5, 0.6) is 0 Å². The third-order valence-corrected chi connectivity index (χ3v) is 8.47. The van der Waals surface area contributed by atoms with Gasteiger partial charge in [0.1, 0.15) is 0 Å². The smallest absolute Gasteiger partial charge is 0.254 e. The van der Waals surface area contributed by atoms with Crippen LogP contribution in [0.1, 0.15) is 68.1 Å². The number of aliphatic imine (C=N–C) groups is 1. The van der Waals surface area contributed by atoms with Gasteiger partial charge in [-0.05, 0) is 104 Å². The van der Waals surface area contributed by atoms with E-state index in [1.54, 1.807) is 0 Å². The summed E-state index contributed by atoms with van der Waals surface area (Å²) in [5.74, 6) is -0.799. The molecule has 1 fully saturated rings. The second-order valence-electron chi connectivity index (χ2n) is 11.4. The summed E-state index contributed by atoms with van der Waals surface area (Å²) in [6.45, 7) is 11.1. The zero-order valence-electron chi connectivity index (χ0n) is 24.8. The summed E-state index contributed by atoms with van der Waals surface area (Å²) in [5, 5.41) is 7.61. The first-order valence-corrected chi connectivity index (χ1v) is 14.1. The molecular formula is C31H44N6O2. The van der Waals surface area contributed by atoms with Gasteiger partial charge in [0.15, 0.2) is 0 Å². The molecule has 1 N–H and O–H groups in total. The standard InChI is InChI=1S/C31H44N6O2/c1-9-37(25-12-10-24(11-13-25)35(6)7)29-16-23(28-18-36(8)34-22(28)5)15-26(21(29)4)30(38)32-17-27-19(2)14-20(3)33-31(27)39/h14-16,18,24-25,27H,9-13,17H2,1-8H3,(H,32,38). The average molecular weight is 533 g/mol. The molecule has 2 amide bonds. The highest BCUT2D eigenvalue weighted by Gasteiger charge is 2.29. The molecule has 4 rings (SSSR count). The maximum atomic E-state index is 13.7. The SMILES string of the molecule is CCN(c1cc(-c2cn(C)nc2C)cc(C(=O)NCC2C(=O)N=C(C)C=C2C)c1C)C1CCC(N(C)C)CC1. The number of amides is 2. The van der Waals surface area contributed by atoms with Gasteiger partial charge in [-0.15, -0.1) is 0 Å². The molecule has 1 atom stereocenters. The quantitative estimate of drug-likeness (QED) is 0.533. The molecule has 1 unspecified atom stereocenters. The average Bonchev–Trinajstić information content (AvgIpc) is 3.22. The van der Waals surface area contributed by atoms with Crippen LogP contribution < -0.4 is 10.2 Å². The molecule has 1 aromatic heterocycles. The monoisotopic (exact) mass is 532 g/mol. The number of dihydropyridines is 1. The first kappa shape index (κ1) is 28.7. The van der Waals surface area contributed by atoms with Crippen molar-refractivity contribution < 1.29 is 9.59 Å². The zero-order valence-corrected chi connectivity index (χ0v) is 24.8. The van der Waals surface area contributed by atoms with Gasteiger partial charge in [0, 0.05) is 60.9 Å². The second-order valence-corrected chi connectivity index (χ2v) is 11.4. The predicted molar refractivity (Wildman–Crippen MR) is 159 cm³/mol. The van der Waals surface area contributed by atoms with Gasteiger partial charge in [-0.1, -0.05) is 5.57 Å². The molecule has 1 aliphatic heterocycles. The Hall–Kier alpha value is -3.26. The number of hydrogen-bond donors (Lipinski definition) is 1. The number of aryl methyl sites for hydroxylation is 2. The van der Waals surface area contributed by atoms with Crippen molar-refractivity contribution in [3.8, 4) is 11.1 Å². The molecule has 2 aliphatic rings. The topological polar surface area (TPSA) is 82.8 Å². The van der Waals surface area contributed by atoms with Gasteiger partial charge >= 0.3 is 0 Å². The van der Waals surface area contributed by atoms with Crippen LogP contribution in [0.15, 0.2) is 35.0 Å². The van der Waals surface area contributed by atoms with Crippen LogP contribution in [0, 0.1) is 19.8 Å². The lowest BCUT2D eigenvalue weighted by atomic mass is 9.88. The summed E-state index contributed by atoms with van der Waals surface area (Å²) in [6.07, 6.45) is 8.53. The summed E-state index contributed by atoms with van der Waals surface area (Å²) >= 11 is 0. The number of allylic oxidation sites excluding steroid dienone is 1. The highest BCUT2D eigenvalue weighted by Crippen LogP contribution is 2.36. The number of carbonyl (C=O) groups excluding carboxylic acids is 2. The van der Waals surface area contributed by atoms with Gasteiger partial charge in [0.05, 0.1) is 11.6 Å². The first-order valence-electron chi connectivity index (χ1n) is 14.1. The molecule has 2 aromatic rings. The molecule has 8 nitrogen and oxygen atoms in total. The fraction of sp³-hybridized carbons (Fsp3) is 0.548. The number of carbonyl (C=O) groups is 2. The molecule has 0 bridgehead atoms. The Kier molecular flexibility index (Phi) is 8.74. The van der Waals surface area contributed by atoms with Gasteiger partial charge in [0.25, 0.3) is 11.8 Å². The maximum absolute atomic E-state index is 13.7. The van der Waals surface area contributed by atoms with Crippen LogP contribution in [0.25, 0.3) is 11.1 Å². The molecule has 39 heavy (non-hydrogen) atoms. The van der Waals surface area contributed by atoms with E-state index in [0.717, 1.165) is 53.0 Å². The molecule has 1 saturated carbocycles. The van der Waals surface area contributed by atoms with Crippen molar-refractivity contribution in [1.82, 2.24) is 20.0 Å². The Morgan fingerprint density at radius 3 is 2.31 bits per heavy atom. The number of benzene rings is 1. The molecule has 8 heteroatoms. The lowest BCUT2D eigenvalue weighted by Crippen LogP contribution is -2.42. The predicted octanol–water partition coefficient (Wildman–Crippen LogP) is 4.70. The van der Waals surface area contributed by atoms with E-state index in [1.807, 2.05) is 57.8 Å². The number of rotatable bonds is 8. The minimum Gasteiger partial charge on any atom is -0.369 e. The van der Waals surface area contributed by atoms with Gasteiger partial charge in [-0.2, -0.15) is 5.10 Å². The Labute approximate surface area is 233 Å². The summed E-state index contributed by atoms with van der Waals surface area (Å²) < 4.78 is 1.82. The van der Waals surface area contributed by atoms with Crippen molar-refractivity contribution in [2.24, 2.45) is 18.0 Å². The van der Waals surface area contributed by atoms with Crippen LogP contribution in [0.4, 0.5) is 5.69 Å². The number of hydrogen-bond acceptors (Lipinski definition) is 5. The van der Waals surface area contributed by atoms with E-state index in [1.165, 1.54) is 12.8 Å². The Bertz CT molecular complexity index is 1300. The van der Waals surface area contributed by atoms with E-state index >= 15 is 0 Å². The number of nitrogens with zero attached hydrogens (tertiary/aromatic N) is 5. The van der Waals surface area contributed by atoms with E-state index in [-0.39, 0.29) is 18.4 Å². The fourth-order valence-corrected chi connectivity index (χ4v) is 6.23. The van der Waals surface area contributed by atoms with Crippen LogP contribution in [0.2, 0.25) is 0 Å². The minimum absolute atomic E-state index is 0.170. The van der Waals surface area contributed by atoms with E-state index < -0.39 is 5.92 Å². The summed E-state index contributed by atoms with van der Waals surface area (Å²) in [5.41, 5.74) is 7.26. The molecule has 2 heterocycles. The molecule has 0 radical (unpaired) electrons. The molecule has 1 aromatic carbocycles. The molecule has 0 saturated heterocycles. The van der Waals surface area contributed by atoms with Gasteiger partial charge < -0.3 is 15.1 Å². The highest BCUT2D eigenvalue weighted by molar-refractivity contribution is 6.06. The Balaban J connectivity index is 1.68. The van der Waals surface area contributed by atoms with Crippen LogP contribution >= 0.6 is 0 Å². The lowest BCUT2D eigenvalue weighted by Gasteiger charge is -2.40. The van der Waals surface area contributed by atoms with Crippen molar-refractivity contribution in [2.45, 2.75) is 72.4 Å². The lowest BCUT2D eigenvalue weighted by molar-refractivity contribution is -0.120. The van der Waals surface area contributed by atoms with Crippen LogP contribution in [-0.4, -0.2) is 71.5 Å². The second kappa shape index (κ2) is 11.9. The van der Waals surface area contributed by atoms with E-state index in [9.17, 15) is 9.59 Å². The Morgan fingerprint density at radius 2 is 1.74 bits per heavy atom. The fourth-order valence-electron chi connectivity index (χ4n) is 6.23. The maximum Gasteiger partial charge on any atom is 0.254 e. The van der Waals surface area contributed by atoms with Crippen LogP contribution in [-0.2, 0) is 11.8 Å². The number of nitrogens with one attached hydrogen (secondary N) is 1. The minimum atomic E-state index is -0.430. The normalized spacial score (nSPS) is 21.6. The third-order valence-electron chi connectivity index (χ3n) is 8.47. The summed E-state index contributed by atoms with van der Waals surface area (Å²) in [6, 6.07) is 5.26. The molecule has 0 spiro atoms. The van der Waals surface area contributed by atoms with Crippen molar-refractivity contribution in [1.29, 1.82) is 0 Å². The van der Waals surface area contributed by atoms with E-state index in [2.05, 4.69) is 52.3 Å². The van der Waals surface area contributed by atoms with E-state index in [0.29, 0.717) is 23.4 Å². The molecular weight excluding hydrogens is 488 g/mol. The van der Waals surface area contributed by atoms with Crippen molar-refractivity contribution in [3.05, 3.63) is 46.8 Å². The number of aromatic nitrogens is 2. The van der Waals surface area contributed by atoms with Gasteiger partial charge in [0.2, 0.25) is 0 Å². The molecule has 210 valence electrons. The zero-order chi connectivity index (χ0) is 28.4. The third kappa shape index (κ3) is 6.16. The van der Waals surface area contributed by atoms with Crippen molar-refractivity contribution >= 4 is 23.2 Å². The summed E-state index contributed by atoms with van der Waals surface area (Å²) in [4.78, 5) is 35.2. The van der Waals surface area contributed by atoms with Gasteiger partial charge in [-0.25, -0.2) is 4.99 Å². The Morgan fingerprint density at radius 1 is 1.08 bits per heavy atom.